The van der Waals surface area contributed by atoms with Crippen molar-refractivity contribution in [1.29, 1.82) is 0 Å². The first-order valence-corrected chi connectivity index (χ1v) is 9.80. The van der Waals surface area contributed by atoms with Gasteiger partial charge in [0.05, 0.1) is 16.3 Å². The van der Waals surface area contributed by atoms with E-state index in [1.807, 2.05) is 31.2 Å². The van der Waals surface area contributed by atoms with Gasteiger partial charge in [-0.05, 0) is 44.2 Å². The van der Waals surface area contributed by atoms with E-state index in [1.165, 1.54) is 6.07 Å². The molecule has 3 aromatic rings. The third kappa shape index (κ3) is 5.10. The Hall–Kier alpha value is -2.52. The van der Waals surface area contributed by atoms with Gasteiger partial charge in [0.2, 0.25) is 5.91 Å². The lowest BCUT2D eigenvalue weighted by atomic mass is 10.2. The normalized spacial score (nSPS) is 11.5. The summed E-state index contributed by atoms with van der Waals surface area (Å²) in [5.74, 6) is 0.138. The van der Waals surface area contributed by atoms with Crippen molar-refractivity contribution in [3.8, 4) is 5.69 Å². The van der Waals surface area contributed by atoms with E-state index in [-0.39, 0.29) is 11.4 Å². The van der Waals surface area contributed by atoms with Crippen LogP contribution in [0.4, 0.5) is 18.9 Å². The molecule has 0 fully saturated rings. The van der Waals surface area contributed by atoms with E-state index >= 15 is 0 Å². The molecule has 10 heteroatoms. The van der Waals surface area contributed by atoms with Crippen LogP contribution < -0.4 is 5.32 Å². The molecule has 0 saturated heterocycles. The van der Waals surface area contributed by atoms with Crippen LogP contribution in [-0.4, -0.2) is 26.4 Å². The molecular formula is C19H16ClF3N4OS. The van der Waals surface area contributed by atoms with Crippen LogP contribution in [0.25, 0.3) is 5.69 Å². The second-order valence-corrected chi connectivity index (χ2v) is 7.58. The number of anilines is 1. The van der Waals surface area contributed by atoms with Gasteiger partial charge in [0, 0.05) is 11.4 Å². The summed E-state index contributed by atoms with van der Waals surface area (Å²) in [6.45, 7) is 3.77. The van der Waals surface area contributed by atoms with Gasteiger partial charge in [-0.25, -0.2) is 0 Å². The van der Waals surface area contributed by atoms with Gasteiger partial charge in [0.1, 0.15) is 5.82 Å². The van der Waals surface area contributed by atoms with Crippen LogP contribution in [0.1, 0.15) is 17.0 Å². The van der Waals surface area contributed by atoms with Crippen molar-refractivity contribution in [2.75, 3.05) is 11.1 Å². The summed E-state index contributed by atoms with van der Waals surface area (Å²) < 4.78 is 40.7. The zero-order valence-electron chi connectivity index (χ0n) is 15.4. The predicted molar refractivity (Wildman–Crippen MR) is 107 cm³/mol. The van der Waals surface area contributed by atoms with Crippen molar-refractivity contribution in [1.82, 2.24) is 14.8 Å². The number of carbonyl (C=O) groups excluding carboxylic acids is 1. The van der Waals surface area contributed by atoms with Gasteiger partial charge in [-0.1, -0.05) is 41.1 Å². The molecule has 1 N–H and O–H groups in total. The van der Waals surface area contributed by atoms with Crippen LogP contribution in [-0.2, 0) is 11.0 Å². The zero-order valence-corrected chi connectivity index (χ0v) is 17.0. The van der Waals surface area contributed by atoms with Crippen molar-refractivity contribution < 1.29 is 18.0 Å². The fourth-order valence-electron chi connectivity index (χ4n) is 2.57. The number of rotatable bonds is 5. The highest BCUT2D eigenvalue weighted by molar-refractivity contribution is 7.99. The third-order valence-electron chi connectivity index (χ3n) is 3.98. The van der Waals surface area contributed by atoms with E-state index in [0.29, 0.717) is 11.0 Å². The molecule has 0 aliphatic rings. The Bertz CT molecular complexity index is 1030. The van der Waals surface area contributed by atoms with E-state index < -0.39 is 22.7 Å². The lowest BCUT2D eigenvalue weighted by molar-refractivity contribution is -0.137. The summed E-state index contributed by atoms with van der Waals surface area (Å²) >= 11 is 6.73. The number of benzene rings is 2. The van der Waals surface area contributed by atoms with Crippen LogP contribution in [0.2, 0.25) is 5.02 Å². The number of hydrogen-bond acceptors (Lipinski definition) is 4. The second-order valence-electron chi connectivity index (χ2n) is 6.23. The number of nitrogens with one attached hydrogen (secondary N) is 1. The van der Waals surface area contributed by atoms with Gasteiger partial charge in [0.15, 0.2) is 5.16 Å². The Morgan fingerprint density at radius 2 is 1.83 bits per heavy atom. The van der Waals surface area contributed by atoms with Crippen LogP contribution >= 0.6 is 23.4 Å². The average Bonchev–Trinajstić information content (AvgIpc) is 3.02. The number of alkyl halides is 3. The minimum atomic E-state index is -4.60. The number of aromatic nitrogens is 3. The Morgan fingerprint density at radius 1 is 1.14 bits per heavy atom. The van der Waals surface area contributed by atoms with Gasteiger partial charge >= 0.3 is 6.18 Å². The molecule has 0 aliphatic heterocycles. The van der Waals surface area contributed by atoms with E-state index in [2.05, 4.69) is 15.5 Å². The molecule has 0 radical (unpaired) electrons. The van der Waals surface area contributed by atoms with E-state index in [1.54, 1.807) is 11.5 Å². The molecule has 1 heterocycles. The lowest BCUT2D eigenvalue weighted by Crippen LogP contribution is -2.15. The Labute approximate surface area is 174 Å². The monoisotopic (exact) mass is 440 g/mol. The molecule has 29 heavy (non-hydrogen) atoms. The number of thioether (sulfide) groups is 1. The average molecular weight is 441 g/mol. The molecule has 0 saturated carbocycles. The molecule has 1 amide bonds. The largest absolute Gasteiger partial charge is 0.417 e. The Morgan fingerprint density at radius 3 is 2.48 bits per heavy atom. The number of carbonyl (C=O) groups is 1. The molecule has 3 rings (SSSR count). The van der Waals surface area contributed by atoms with Gasteiger partial charge in [-0.15, -0.1) is 10.2 Å². The van der Waals surface area contributed by atoms with Crippen LogP contribution in [0.5, 0.6) is 0 Å². The molecule has 0 atom stereocenters. The van der Waals surface area contributed by atoms with Gasteiger partial charge < -0.3 is 5.32 Å². The highest BCUT2D eigenvalue weighted by atomic mass is 35.5. The number of hydrogen-bond donors (Lipinski definition) is 1. The van der Waals surface area contributed by atoms with Gasteiger partial charge in [0.25, 0.3) is 0 Å². The van der Waals surface area contributed by atoms with E-state index in [4.69, 9.17) is 11.6 Å². The van der Waals surface area contributed by atoms with Crippen LogP contribution in [0, 0.1) is 13.8 Å². The summed E-state index contributed by atoms with van der Waals surface area (Å²) in [4.78, 5) is 12.2. The van der Waals surface area contributed by atoms with Gasteiger partial charge in [-0.3, -0.25) is 9.36 Å². The van der Waals surface area contributed by atoms with Crippen molar-refractivity contribution in [3.05, 3.63) is 64.4 Å². The third-order valence-corrected chi connectivity index (χ3v) is 5.23. The molecular weight excluding hydrogens is 425 g/mol. The standard InChI is InChI=1S/C19H16ClF3N4OS/c1-11-3-6-14(7-4-11)27-12(2)25-26-18(27)29-10-17(28)24-13-5-8-16(20)15(9-13)19(21,22)23/h3-9H,10H2,1-2H3,(H,24,28). The maximum atomic E-state index is 12.9. The summed E-state index contributed by atoms with van der Waals surface area (Å²) in [7, 11) is 0. The fraction of sp³-hybridized carbons (Fsp3) is 0.211. The van der Waals surface area contributed by atoms with Crippen LogP contribution in [0.15, 0.2) is 47.6 Å². The fourth-order valence-corrected chi connectivity index (χ4v) is 3.60. The highest BCUT2D eigenvalue weighted by Gasteiger charge is 2.33. The lowest BCUT2D eigenvalue weighted by Gasteiger charge is -2.12. The second kappa shape index (κ2) is 8.46. The molecule has 152 valence electrons. The van der Waals surface area contributed by atoms with Crippen molar-refractivity contribution in [3.63, 3.8) is 0 Å². The molecule has 0 bridgehead atoms. The minimum absolute atomic E-state index is 0.0171. The zero-order chi connectivity index (χ0) is 21.2. The number of nitrogens with zero attached hydrogens (tertiary/aromatic N) is 3. The maximum absolute atomic E-state index is 12.9. The van der Waals surface area contributed by atoms with E-state index in [0.717, 1.165) is 35.1 Å². The topological polar surface area (TPSA) is 59.8 Å². The molecule has 1 aromatic heterocycles. The predicted octanol–water partition coefficient (Wildman–Crippen LogP) is 5.29. The van der Waals surface area contributed by atoms with Crippen molar-refractivity contribution >= 4 is 35.0 Å². The molecule has 0 aliphatic carbocycles. The first-order chi connectivity index (χ1) is 13.6. The first-order valence-electron chi connectivity index (χ1n) is 8.43. The van der Waals surface area contributed by atoms with Crippen molar-refractivity contribution in [2.45, 2.75) is 25.2 Å². The van der Waals surface area contributed by atoms with E-state index in [9.17, 15) is 18.0 Å². The SMILES string of the molecule is Cc1ccc(-n2c(C)nnc2SCC(=O)Nc2ccc(Cl)c(C(F)(F)F)c2)cc1. The smallest absolute Gasteiger partial charge is 0.325 e. The summed E-state index contributed by atoms with van der Waals surface area (Å²) in [5.41, 5.74) is 0.977. The van der Waals surface area contributed by atoms with Crippen molar-refractivity contribution in [2.24, 2.45) is 0 Å². The summed E-state index contributed by atoms with van der Waals surface area (Å²) in [5, 5.41) is 10.7. The first kappa shape index (κ1) is 21.2. The summed E-state index contributed by atoms with van der Waals surface area (Å²) in [6.07, 6.45) is -4.60. The van der Waals surface area contributed by atoms with Crippen LogP contribution in [0.3, 0.4) is 0 Å². The maximum Gasteiger partial charge on any atom is 0.417 e. The quantitative estimate of drug-likeness (QED) is 0.548. The molecule has 0 unspecified atom stereocenters. The Kier molecular flexibility index (Phi) is 6.18. The number of amides is 1. The number of halogens is 4. The molecule has 0 spiro atoms. The molecule has 5 nitrogen and oxygen atoms in total. The van der Waals surface area contributed by atoms with Gasteiger partial charge in [-0.2, -0.15) is 13.2 Å². The number of aryl methyl sites for hydroxylation is 2. The summed E-state index contributed by atoms with van der Waals surface area (Å²) in [6, 6.07) is 11.0. The Balaban J connectivity index is 1.70. The minimum Gasteiger partial charge on any atom is -0.325 e. The molecule has 2 aromatic carbocycles. The highest BCUT2D eigenvalue weighted by Crippen LogP contribution is 2.36.